The van der Waals surface area contributed by atoms with Gasteiger partial charge in [-0.1, -0.05) is 25.5 Å². The van der Waals surface area contributed by atoms with Crippen molar-refractivity contribution in [3.05, 3.63) is 23.8 Å². The van der Waals surface area contributed by atoms with E-state index in [-0.39, 0.29) is 18.1 Å². The van der Waals surface area contributed by atoms with Crippen molar-refractivity contribution in [3.8, 4) is 0 Å². The Morgan fingerprint density at radius 1 is 1.30 bits per heavy atom. The number of carbonyl (C=O) groups excluding carboxylic acids is 1. The van der Waals surface area contributed by atoms with E-state index >= 15 is 4.39 Å². The summed E-state index contributed by atoms with van der Waals surface area (Å²) in [5.74, 6) is -2.94. The Hall–Kier alpha value is -1.53. The van der Waals surface area contributed by atoms with Crippen molar-refractivity contribution in [2.24, 2.45) is 28.6 Å². The Bertz CT molecular complexity index is 789. The maximum atomic E-state index is 16.8. The van der Waals surface area contributed by atoms with E-state index in [9.17, 15) is 24.9 Å². The van der Waals surface area contributed by atoms with Gasteiger partial charge in [-0.2, -0.15) is 0 Å². The number of aliphatic carboxylic acids is 1. The zero-order valence-electron chi connectivity index (χ0n) is 15.9. The van der Waals surface area contributed by atoms with Crippen LogP contribution in [0.15, 0.2) is 23.8 Å². The number of allylic oxidation sites excluding steroid dienone is 4. The van der Waals surface area contributed by atoms with E-state index < -0.39 is 46.0 Å². The fourth-order valence-corrected chi connectivity index (χ4v) is 7.00. The van der Waals surface area contributed by atoms with Crippen molar-refractivity contribution >= 4 is 11.8 Å². The summed E-state index contributed by atoms with van der Waals surface area (Å²) in [5, 5.41) is 31.9. The van der Waals surface area contributed by atoms with Gasteiger partial charge in [-0.25, -0.2) is 9.18 Å². The molecule has 2 unspecified atom stereocenters. The highest BCUT2D eigenvalue weighted by Crippen LogP contribution is 2.70. The first-order chi connectivity index (χ1) is 12.4. The first-order valence-corrected chi connectivity index (χ1v) is 9.70. The van der Waals surface area contributed by atoms with Gasteiger partial charge in [0.05, 0.1) is 6.10 Å². The van der Waals surface area contributed by atoms with Crippen LogP contribution >= 0.6 is 0 Å². The number of carboxylic acids is 1. The average molecular weight is 378 g/mol. The summed E-state index contributed by atoms with van der Waals surface area (Å²) in [6.07, 6.45) is 4.22. The minimum atomic E-state index is -2.00. The molecule has 0 aliphatic heterocycles. The maximum Gasteiger partial charge on any atom is 0.336 e. The molecule has 0 amide bonds. The second-order valence-corrected chi connectivity index (χ2v) is 9.47. The van der Waals surface area contributed by atoms with Crippen molar-refractivity contribution in [1.29, 1.82) is 0 Å². The van der Waals surface area contributed by atoms with Crippen LogP contribution in [0, 0.1) is 28.6 Å². The number of carbonyl (C=O) groups is 2. The lowest BCUT2D eigenvalue weighted by Crippen LogP contribution is -2.69. The van der Waals surface area contributed by atoms with Crippen molar-refractivity contribution in [3.63, 3.8) is 0 Å². The first kappa shape index (κ1) is 18.8. The highest BCUT2D eigenvalue weighted by molar-refractivity contribution is 6.01. The molecule has 3 fully saturated rings. The van der Waals surface area contributed by atoms with E-state index in [0.29, 0.717) is 24.8 Å². The van der Waals surface area contributed by atoms with E-state index in [1.165, 1.54) is 12.2 Å². The summed E-state index contributed by atoms with van der Waals surface area (Å²) in [6, 6.07) is 0. The molecule has 5 nitrogen and oxygen atoms in total. The molecule has 3 saturated carbocycles. The van der Waals surface area contributed by atoms with Crippen molar-refractivity contribution in [1.82, 2.24) is 0 Å². The molecule has 27 heavy (non-hydrogen) atoms. The molecular weight excluding hydrogens is 351 g/mol. The van der Waals surface area contributed by atoms with Crippen LogP contribution in [0.4, 0.5) is 4.39 Å². The van der Waals surface area contributed by atoms with E-state index in [1.807, 2.05) is 0 Å². The zero-order chi connectivity index (χ0) is 20.0. The molecule has 0 bridgehead atoms. The summed E-state index contributed by atoms with van der Waals surface area (Å²) in [5.41, 5.74) is -5.51. The topological polar surface area (TPSA) is 94.8 Å². The third-order valence-electron chi connectivity index (χ3n) is 8.55. The lowest BCUT2D eigenvalue weighted by atomic mass is 9.45. The maximum absolute atomic E-state index is 16.8. The Morgan fingerprint density at radius 3 is 2.59 bits per heavy atom. The Balaban J connectivity index is 1.85. The SMILES string of the molecule is C[C@H]1C[C@H]2[C@@H]3CCC4=CC(=O)C=C[C@]4(C)C3(F)[C@@H](O)C[C@]2(C)C1(O)C(=O)O. The van der Waals surface area contributed by atoms with Crippen LogP contribution in [-0.2, 0) is 9.59 Å². The molecule has 0 saturated heterocycles. The highest BCUT2D eigenvalue weighted by Gasteiger charge is 2.76. The van der Waals surface area contributed by atoms with Gasteiger partial charge in [-0.15, -0.1) is 0 Å². The Morgan fingerprint density at radius 2 is 1.96 bits per heavy atom. The van der Waals surface area contributed by atoms with Crippen LogP contribution < -0.4 is 0 Å². The van der Waals surface area contributed by atoms with Gasteiger partial charge in [0.25, 0.3) is 0 Å². The van der Waals surface area contributed by atoms with E-state index in [4.69, 9.17) is 0 Å². The number of rotatable bonds is 1. The summed E-state index contributed by atoms with van der Waals surface area (Å²) < 4.78 is 16.8. The number of aliphatic hydroxyl groups is 2. The van der Waals surface area contributed by atoms with Gasteiger partial charge in [0.1, 0.15) is 0 Å². The van der Waals surface area contributed by atoms with Crippen molar-refractivity contribution < 1.29 is 29.3 Å². The first-order valence-electron chi connectivity index (χ1n) is 9.70. The van der Waals surface area contributed by atoms with E-state index in [1.54, 1.807) is 26.8 Å². The van der Waals surface area contributed by atoms with Crippen LogP contribution in [0.5, 0.6) is 0 Å². The van der Waals surface area contributed by atoms with Crippen LogP contribution in [0.2, 0.25) is 0 Å². The Kier molecular flexibility index (Phi) is 3.69. The molecule has 4 aliphatic carbocycles. The number of fused-ring (bicyclic) bond motifs is 5. The number of hydrogen-bond donors (Lipinski definition) is 3. The summed E-state index contributed by atoms with van der Waals surface area (Å²) in [7, 11) is 0. The second kappa shape index (κ2) is 5.29. The van der Waals surface area contributed by atoms with Crippen LogP contribution in [0.25, 0.3) is 0 Å². The largest absolute Gasteiger partial charge is 0.479 e. The molecular formula is C21H27FO5. The quantitative estimate of drug-likeness (QED) is 0.651. The molecule has 0 aromatic carbocycles. The van der Waals surface area contributed by atoms with Gasteiger partial charge in [0.2, 0.25) is 0 Å². The van der Waals surface area contributed by atoms with E-state index in [2.05, 4.69) is 0 Å². The van der Waals surface area contributed by atoms with Gasteiger partial charge in [0.15, 0.2) is 17.1 Å². The van der Waals surface area contributed by atoms with Crippen molar-refractivity contribution in [2.75, 3.05) is 0 Å². The number of aliphatic hydroxyl groups excluding tert-OH is 1. The molecule has 3 N–H and O–H groups in total. The monoisotopic (exact) mass is 378 g/mol. The molecule has 148 valence electrons. The smallest absolute Gasteiger partial charge is 0.336 e. The Labute approximate surface area is 158 Å². The van der Waals surface area contributed by atoms with E-state index in [0.717, 1.165) is 0 Å². The minimum Gasteiger partial charge on any atom is -0.479 e. The van der Waals surface area contributed by atoms with Gasteiger partial charge in [-0.05, 0) is 56.6 Å². The third-order valence-corrected chi connectivity index (χ3v) is 8.55. The molecule has 8 atom stereocenters. The summed E-state index contributed by atoms with van der Waals surface area (Å²) >= 11 is 0. The molecule has 0 radical (unpaired) electrons. The molecule has 6 heteroatoms. The number of hydrogen-bond acceptors (Lipinski definition) is 4. The number of ketones is 1. The summed E-state index contributed by atoms with van der Waals surface area (Å²) in [6.45, 7) is 5.10. The second-order valence-electron chi connectivity index (χ2n) is 9.47. The predicted molar refractivity (Wildman–Crippen MR) is 95.5 cm³/mol. The normalized spacial score (nSPS) is 54.0. The fraction of sp³-hybridized carbons (Fsp3) is 0.714. The number of carboxylic acid groups (broad SMARTS) is 1. The molecule has 0 spiro atoms. The van der Waals surface area contributed by atoms with Gasteiger partial charge in [0, 0.05) is 16.7 Å². The molecule has 0 aromatic rings. The van der Waals surface area contributed by atoms with Crippen LogP contribution in [0.3, 0.4) is 0 Å². The standard InChI is InChI=1S/C21H27FO5/c1-11-8-15-14-5-4-12-9-13(23)6-7-18(12,2)20(14,22)16(24)10-19(15,3)21(11,27)17(25)26/h6-7,9,11,14-16,24,27H,4-5,8,10H2,1-3H3,(H,25,26)/t11-,14-,15-,16-,18-,19-,20?,21?/m0/s1. The van der Waals surface area contributed by atoms with Gasteiger partial charge >= 0.3 is 5.97 Å². The number of halogens is 1. The van der Waals surface area contributed by atoms with Gasteiger partial charge in [-0.3, -0.25) is 4.79 Å². The lowest BCUT2D eigenvalue weighted by molar-refractivity contribution is -0.225. The zero-order valence-corrected chi connectivity index (χ0v) is 15.9. The number of alkyl halides is 1. The molecule has 4 aliphatic rings. The minimum absolute atomic E-state index is 0.123. The molecule has 4 rings (SSSR count). The van der Waals surface area contributed by atoms with Crippen molar-refractivity contribution in [2.45, 2.75) is 63.8 Å². The van der Waals surface area contributed by atoms with Gasteiger partial charge < -0.3 is 15.3 Å². The lowest BCUT2D eigenvalue weighted by Gasteiger charge is -2.62. The molecule has 0 aromatic heterocycles. The fourth-order valence-electron chi connectivity index (χ4n) is 7.00. The average Bonchev–Trinajstić information content (AvgIpc) is 2.79. The molecule has 0 heterocycles. The van der Waals surface area contributed by atoms with Crippen LogP contribution in [0.1, 0.15) is 46.5 Å². The summed E-state index contributed by atoms with van der Waals surface area (Å²) in [4.78, 5) is 23.8. The van der Waals surface area contributed by atoms with Crippen LogP contribution in [-0.4, -0.2) is 44.4 Å². The predicted octanol–water partition coefficient (Wildman–Crippen LogP) is 2.42. The highest BCUT2D eigenvalue weighted by atomic mass is 19.1. The third kappa shape index (κ3) is 1.91.